The van der Waals surface area contributed by atoms with Crippen molar-refractivity contribution >= 4 is 42.8 Å². The molecule has 158 valence electrons. The standard InChI is InChI=1S/C21H22BrN3O4S/c22-16-6-4-5-14-15-13-24(12-9-17(15)23-20(14)16)21(26)18-7-8-19(29-18)30(27,28)25-10-2-1-3-11-25/h4-8,23H,1-3,9-13H2. The number of fused-ring (bicyclic) bond motifs is 3. The van der Waals surface area contributed by atoms with Gasteiger partial charge in [0.25, 0.3) is 15.9 Å². The van der Waals surface area contributed by atoms with E-state index in [-0.39, 0.29) is 16.8 Å². The average Bonchev–Trinajstić information content (AvgIpc) is 3.40. The number of carbonyl (C=O) groups excluding carboxylic acids is 1. The molecule has 2 aliphatic rings. The molecule has 1 N–H and O–H groups in total. The van der Waals surface area contributed by atoms with Crippen molar-refractivity contribution in [1.82, 2.24) is 14.2 Å². The zero-order chi connectivity index (χ0) is 20.9. The fraction of sp³-hybridized carbons (Fsp3) is 0.381. The quantitative estimate of drug-likeness (QED) is 0.601. The summed E-state index contributed by atoms with van der Waals surface area (Å²) in [6.07, 6.45) is 3.45. The normalized spacial score (nSPS) is 18.0. The van der Waals surface area contributed by atoms with Gasteiger partial charge in [-0.25, -0.2) is 8.42 Å². The molecule has 3 aromatic rings. The molecule has 7 nitrogen and oxygen atoms in total. The first-order valence-electron chi connectivity index (χ1n) is 10.1. The molecule has 30 heavy (non-hydrogen) atoms. The summed E-state index contributed by atoms with van der Waals surface area (Å²) in [5, 5.41) is 0.936. The molecule has 0 saturated carbocycles. The first-order valence-corrected chi connectivity index (χ1v) is 12.4. The van der Waals surface area contributed by atoms with Crippen LogP contribution < -0.4 is 0 Å². The summed E-state index contributed by atoms with van der Waals surface area (Å²) in [6, 6.07) is 8.88. The zero-order valence-electron chi connectivity index (χ0n) is 16.4. The Bertz CT molecular complexity index is 1220. The van der Waals surface area contributed by atoms with E-state index in [1.165, 1.54) is 16.4 Å². The maximum Gasteiger partial charge on any atom is 0.289 e. The van der Waals surface area contributed by atoms with Crippen LogP contribution >= 0.6 is 15.9 Å². The third kappa shape index (κ3) is 3.29. The number of benzene rings is 1. The third-order valence-electron chi connectivity index (χ3n) is 5.95. The van der Waals surface area contributed by atoms with Gasteiger partial charge in [0.2, 0.25) is 5.09 Å². The van der Waals surface area contributed by atoms with E-state index in [0.29, 0.717) is 32.6 Å². The van der Waals surface area contributed by atoms with Crippen molar-refractivity contribution in [2.75, 3.05) is 19.6 Å². The molecule has 1 fully saturated rings. The van der Waals surface area contributed by atoms with Crippen LogP contribution in [0, 0.1) is 0 Å². The highest BCUT2D eigenvalue weighted by Gasteiger charge is 2.31. The van der Waals surface area contributed by atoms with Gasteiger partial charge >= 0.3 is 0 Å². The first-order chi connectivity index (χ1) is 14.4. The highest BCUT2D eigenvalue weighted by molar-refractivity contribution is 9.10. The van der Waals surface area contributed by atoms with Crippen LogP contribution in [0.15, 0.2) is 44.3 Å². The molecule has 2 aromatic heterocycles. The van der Waals surface area contributed by atoms with Crippen LogP contribution in [0.2, 0.25) is 0 Å². The van der Waals surface area contributed by atoms with Gasteiger partial charge < -0.3 is 14.3 Å². The van der Waals surface area contributed by atoms with Crippen molar-refractivity contribution < 1.29 is 17.6 Å². The number of aromatic amines is 1. The summed E-state index contributed by atoms with van der Waals surface area (Å²) in [4.78, 5) is 18.2. The molecule has 0 unspecified atom stereocenters. The Labute approximate surface area is 183 Å². The van der Waals surface area contributed by atoms with Crippen molar-refractivity contribution in [2.45, 2.75) is 37.3 Å². The first kappa shape index (κ1) is 19.8. The lowest BCUT2D eigenvalue weighted by atomic mass is 10.0. The van der Waals surface area contributed by atoms with E-state index in [9.17, 15) is 13.2 Å². The largest absolute Gasteiger partial charge is 0.438 e. The van der Waals surface area contributed by atoms with E-state index in [1.807, 2.05) is 18.2 Å². The van der Waals surface area contributed by atoms with Gasteiger partial charge in [-0.1, -0.05) is 18.6 Å². The molecule has 0 spiro atoms. The van der Waals surface area contributed by atoms with Gasteiger partial charge in [-0.05, 0) is 47.0 Å². The fourth-order valence-corrected chi connectivity index (χ4v) is 6.23. The number of hydrogen-bond donors (Lipinski definition) is 1. The number of hydrogen-bond acceptors (Lipinski definition) is 4. The molecule has 5 rings (SSSR count). The Morgan fingerprint density at radius 3 is 2.67 bits per heavy atom. The van der Waals surface area contributed by atoms with Gasteiger partial charge in [0, 0.05) is 53.7 Å². The van der Waals surface area contributed by atoms with Gasteiger partial charge in [0.15, 0.2) is 5.76 Å². The van der Waals surface area contributed by atoms with E-state index in [1.54, 1.807) is 4.90 Å². The van der Waals surface area contributed by atoms with E-state index in [2.05, 4.69) is 20.9 Å². The SMILES string of the molecule is O=C(c1ccc(S(=O)(=O)N2CCCCC2)o1)N1CCc2[nH]c3c(Br)cccc3c2C1. The summed E-state index contributed by atoms with van der Waals surface area (Å²) in [6.45, 7) is 2.00. The van der Waals surface area contributed by atoms with Gasteiger partial charge in [-0.3, -0.25) is 4.79 Å². The minimum Gasteiger partial charge on any atom is -0.438 e. The summed E-state index contributed by atoms with van der Waals surface area (Å²) in [5.74, 6) is -0.222. The topological polar surface area (TPSA) is 86.6 Å². The molecule has 0 radical (unpaired) electrons. The Morgan fingerprint density at radius 2 is 1.87 bits per heavy atom. The number of piperidine rings is 1. The second kappa shape index (κ2) is 7.55. The lowest BCUT2D eigenvalue weighted by Crippen LogP contribution is -2.36. The molecule has 0 aliphatic carbocycles. The number of sulfonamides is 1. The van der Waals surface area contributed by atoms with Crippen LogP contribution in [-0.4, -0.2) is 48.1 Å². The van der Waals surface area contributed by atoms with Crippen molar-refractivity contribution in [2.24, 2.45) is 0 Å². The number of aromatic nitrogens is 1. The van der Waals surface area contributed by atoms with E-state index in [4.69, 9.17) is 4.42 Å². The molecular formula is C21H22BrN3O4S. The van der Waals surface area contributed by atoms with Gasteiger partial charge in [0.05, 0.1) is 5.52 Å². The lowest BCUT2D eigenvalue weighted by molar-refractivity contribution is 0.0696. The predicted octanol–water partition coefficient (Wildman–Crippen LogP) is 3.90. The molecule has 0 atom stereocenters. The summed E-state index contributed by atoms with van der Waals surface area (Å²) in [5.41, 5.74) is 3.26. The van der Waals surface area contributed by atoms with Crippen LogP contribution in [0.1, 0.15) is 41.1 Å². The number of furan rings is 1. The second-order valence-electron chi connectivity index (χ2n) is 7.80. The number of amides is 1. The van der Waals surface area contributed by atoms with Gasteiger partial charge in [-0.15, -0.1) is 0 Å². The average molecular weight is 492 g/mol. The Kier molecular flexibility index (Phi) is 4.99. The Morgan fingerprint density at radius 1 is 1.07 bits per heavy atom. The lowest BCUT2D eigenvalue weighted by Gasteiger charge is -2.26. The highest BCUT2D eigenvalue weighted by Crippen LogP contribution is 2.32. The number of nitrogens with one attached hydrogen (secondary N) is 1. The van der Waals surface area contributed by atoms with Crippen molar-refractivity contribution in [3.8, 4) is 0 Å². The molecule has 1 amide bonds. The van der Waals surface area contributed by atoms with Crippen molar-refractivity contribution in [3.05, 3.63) is 51.8 Å². The number of para-hydroxylation sites is 1. The maximum absolute atomic E-state index is 13.1. The Hall–Kier alpha value is -2.10. The third-order valence-corrected chi connectivity index (χ3v) is 8.38. The molecule has 9 heteroatoms. The van der Waals surface area contributed by atoms with E-state index < -0.39 is 10.0 Å². The molecule has 0 bridgehead atoms. The van der Waals surface area contributed by atoms with Crippen LogP contribution in [0.25, 0.3) is 10.9 Å². The number of carbonyl (C=O) groups is 1. The molecule has 2 aliphatic heterocycles. The molecule has 1 aromatic carbocycles. The van der Waals surface area contributed by atoms with E-state index >= 15 is 0 Å². The number of nitrogens with zero attached hydrogens (tertiary/aromatic N) is 2. The Balaban J connectivity index is 1.39. The molecular weight excluding hydrogens is 470 g/mol. The predicted molar refractivity (Wildman–Crippen MR) is 116 cm³/mol. The van der Waals surface area contributed by atoms with Crippen LogP contribution in [0.5, 0.6) is 0 Å². The van der Waals surface area contributed by atoms with Crippen LogP contribution in [0.3, 0.4) is 0 Å². The minimum atomic E-state index is -3.69. The fourth-order valence-electron chi connectivity index (χ4n) is 4.34. The number of rotatable bonds is 3. The number of H-pyrrole nitrogens is 1. The summed E-state index contributed by atoms with van der Waals surface area (Å²) >= 11 is 3.57. The summed E-state index contributed by atoms with van der Waals surface area (Å²) in [7, 11) is -3.69. The second-order valence-corrected chi connectivity index (χ2v) is 10.5. The van der Waals surface area contributed by atoms with Gasteiger partial charge in [-0.2, -0.15) is 4.31 Å². The highest BCUT2D eigenvalue weighted by atomic mass is 79.9. The summed E-state index contributed by atoms with van der Waals surface area (Å²) < 4.78 is 33.6. The minimum absolute atomic E-state index is 0.0649. The van der Waals surface area contributed by atoms with E-state index in [0.717, 1.165) is 45.9 Å². The van der Waals surface area contributed by atoms with Gasteiger partial charge in [0.1, 0.15) is 0 Å². The maximum atomic E-state index is 13.1. The molecule has 1 saturated heterocycles. The van der Waals surface area contributed by atoms with Crippen LogP contribution in [0.4, 0.5) is 0 Å². The number of halogens is 1. The zero-order valence-corrected chi connectivity index (χ0v) is 18.8. The smallest absolute Gasteiger partial charge is 0.289 e. The monoisotopic (exact) mass is 491 g/mol. The van der Waals surface area contributed by atoms with Crippen molar-refractivity contribution in [3.63, 3.8) is 0 Å². The van der Waals surface area contributed by atoms with Crippen LogP contribution in [-0.2, 0) is 23.0 Å². The van der Waals surface area contributed by atoms with Crippen molar-refractivity contribution in [1.29, 1.82) is 0 Å². The molecule has 4 heterocycles.